The first-order valence-corrected chi connectivity index (χ1v) is 32.5. The molecule has 0 amide bonds. The monoisotopic (exact) mass is 1080 g/mol. The van der Waals surface area contributed by atoms with Crippen molar-refractivity contribution in [2.24, 2.45) is 0 Å². The Morgan fingerprint density at radius 2 is 0.500 bits per heavy atom. The van der Waals surface area contributed by atoms with Crippen LogP contribution < -0.4 is 0 Å². The summed E-state index contributed by atoms with van der Waals surface area (Å²) in [5.41, 5.74) is 0. The summed E-state index contributed by atoms with van der Waals surface area (Å²) < 4.78 is 16.8. The van der Waals surface area contributed by atoms with Crippen molar-refractivity contribution in [3.8, 4) is 0 Å². The SMILES string of the molecule is CC/C=C\C/C=C\C/C=C\C/C=C\C/C=C\C/C=C\CCCCCCCCC(=O)OC(COC(=O)CCCCCCCC)COC(=O)CCCCCCCCCCCCCCCCCC/C=C\C/C=C\C/C=C\C/C=C\CC. The van der Waals surface area contributed by atoms with Crippen LogP contribution in [-0.2, 0) is 28.6 Å². The Bertz CT molecular complexity index is 1620. The summed E-state index contributed by atoms with van der Waals surface area (Å²) >= 11 is 0. The van der Waals surface area contributed by atoms with Crippen molar-refractivity contribution in [2.75, 3.05) is 13.2 Å². The maximum Gasteiger partial charge on any atom is 0.306 e. The molecule has 0 bridgehead atoms. The van der Waals surface area contributed by atoms with Crippen LogP contribution in [0.2, 0.25) is 0 Å². The topological polar surface area (TPSA) is 78.9 Å². The first-order chi connectivity index (χ1) is 38.5. The standard InChI is InChI=1S/C72H120O6/c1-4-7-10-13-16-18-20-22-24-26-28-30-32-34-35-36-37-39-40-42-44-46-48-50-52-54-56-59-62-65-71(74)77-68-69(67-76-70(73)64-61-58-15-12-9-6-3)78-72(75)66-63-60-57-55-53-51-49-47-45-43-41-38-33-31-29-27-25-23-21-19-17-14-11-8-5-2/h7-8,10-11,16-19,22-25,28-31,38,41,45,47,69H,4-6,9,12-15,20-21,26-27,32-37,39-40,42-44,46,48-68H2,1-3H3/b10-7-,11-8-,18-16-,19-17-,24-22-,25-23-,30-28-,31-29-,41-38-,47-45-. The molecule has 0 saturated heterocycles. The van der Waals surface area contributed by atoms with Crippen LogP contribution in [0.1, 0.15) is 297 Å². The number of hydrogen-bond donors (Lipinski definition) is 0. The molecule has 6 nitrogen and oxygen atoms in total. The molecule has 0 saturated carbocycles. The van der Waals surface area contributed by atoms with E-state index in [1.807, 2.05) is 0 Å². The zero-order valence-electron chi connectivity index (χ0n) is 50.9. The lowest BCUT2D eigenvalue weighted by atomic mass is 10.0. The van der Waals surface area contributed by atoms with Crippen LogP contribution in [0.25, 0.3) is 0 Å². The minimum absolute atomic E-state index is 0.0839. The van der Waals surface area contributed by atoms with Crippen molar-refractivity contribution in [1.82, 2.24) is 0 Å². The number of carbonyl (C=O) groups is 3. The highest BCUT2D eigenvalue weighted by Gasteiger charge is 2.19. The molecular weight excluding hydrogens is 961 g/mol. The highest BCUT2D eigenvalue weighted by atomic mass is 16.6. The molecule has 444 valence electrons. The van der Waals surface area contributed by atoms with E-state index >= 15 is 0 Å². The van der Waals surface area contributed by atoms with E-state index in [1.54, 1.807) is 0 Å². The Kier molecular flexibility index (Phi) is 61.8. The first-order valence-electron chi connectivity index (χ1n) is 32.5. The zero-order chi connectivity index (χ0) is 56.4. The molecule has 1 atom stereocenters. The summed E-state index contributed by atoms with van der Waals surface area (Å²) in [5.74, 6) is -0.903. The first kappa shape index (κ1) is 73.8. The van der Waals surface area contributed by atoms with Gasteiger partial charge in [0, 0.05) is 19.3 Å². The summed E-state index contributed by atoms with van der Waals surface area (Å²) in [6.07, 6.45) is 91.0. The van der Waals surface area contributed by atoms with Gasteiger partial charge in [0.15, 0.2) is 6.10 Å². The Morgan fingerprint density at radius 3 is 0.782 bits per heavy atom. The lowest BCUT2D eigenvalue weighted by Gasteiger charge is -2.18. The zero-order valence-corrected chi connectivity index (χ0v) is 50.9. The van der Waals surface area contributed by atoms with Gasteiger partial charge in [-0.05, 0) is 109 Å². The molecule has 0 fully saturated rings. The van der Waals surface area contributed by atoms with Crippen LogP contribution in [0.4, 0.5) is 0 Å². The summed E-state index contributed by atoms with van der Waals surface area (Å²) in [6, 6.07) is 0. The van der Waals surface area contributed by atoms with Gasteiger partial charge >= 0.3 is 17.9 Å². The lowest BCUT2D eigenvalue weighted by molar-refractivity contribution is -0.167. The minimum Gasteiger partial charge on any atom is -0.462 e. The van der Waals surface area contributed by atoms with Gasteiger partial charge in [-0.1, -0.05) is 290 Å². The largest absolute Gasteiger partial charge is 0.462 e. The summed E-state index contributed by atoms with van der Waals surface area (Å²) in [5, 5.41) is 0. The number of allylic oxidation sites excluding steroid dienone is 20. The molecule has 78 heavy (non-hydrogen) atoms. The third kappa shape index (κ3) is 62.7. The van der Waals surface area contributed by atoms with E-state index in [2.05, 4.69) is 142 Å². The molecule has 0 aliphatic heterocycles. The third-order valence-electron chi connectivity index (χ3n) is 13.7. The van der Waals surface area contributed by atoms with Gasteiger partial charge in [-0.15, -0.1) is 0 Å². The van der Waals surface area contributed by atoms with E-state index in [4.69, 9.17) is 14.2 Å². The minimum atomic E-state index is -0.785. The van der Waals surface area contributed by atoms with E-state index < -0.39 is 6.10 Å². The molecule has 0 N–H and O–H groups in total. The second kappa shape index (κ2) is 65.3. The molecule has 0 aliphatic rings. The number of carbonyl (C=O) groups excluding carboxylic acids is 3. The van der Waals surface area contributed by atoms with E-state index in [-0.39, 0.29) is 31.1 Å². The smallest absolute Gasteiger partial charge is 0.306 e. The maximum atomic E-state index is 12.9. The van der Waals surface area contributed by atoms with Gasteiger partial charge in [0.05, 0.1) is 0 Å². The third-order valence-corrected chi connectivity index (χ3v) is 13.7. The van der Waals surface area contributed by atoms with E-state index in [0.717, 1.165) is 135 Å². The Hall–Kier alpha value is -4.19. The predicted molar refractivity (Wildman–Crippen MR) is 339 cm³/mol. The second-order valence-corrected chi connectivity index (χ2v) is 21.3. The summed E-state index contributed by atoms with van der Waals surface area (Å²) in [7, 11) is 0. The van der Waals surface area contributed by atoms with Crippen molar-refractivity contribution in [2.45, 2.75) is 303 Å². The van der Waals surface area contributed by atoms with E-state index in [9.17, 15) is 14.4 Å². The molecule has 6 heteroatoms. The second-order valence-electron chi connectivity index (χ2n) is 21.3. The summed E-state index contributed by atoms with van der Waals surface area (Å²) in [6.45, 7) is 6.36. The maximum absolute atomic E-state index is 12.9. The van der Waals surface area contributed by atoms with Gasteiger partial charge in [-0.2, -0.15) is 0 Å². The van der Waals surface area contributed by atoms with Gasteiger partial charge in [-0.3, -0.25) is 14.4 Å². The highest BCUT2D eigenvalue weighted by Crippen LogP contribution is 2.16. The highest BCUT2D eigenvalue weighted by molar-refractivity contribution is 5.71. The molecule has 0 aromatic heterocycles. The van der Waals surface area contributed by atoms with Crippen LogP contribution in [0, 0.1) is 0 Å². The van der Waals surface area contributed by atoms with E-state index in [1.165, 1.54) is 122 Å². The van der Waals surface area contributed by atoms with Crippen LogP contribution in [0.5, 0.6) is 0 Å². The van der Waals surface area contributed by atoms with Gasteiger partial charge in [0.1, 0.15) is 13.2 Å². The van der Waals surface area contributed by atoms with Crippen molar-refractivity contribution in [3.63, 3.8) is 0 Å². The van der Waals surface area contributed by atoms with Crippen molar-refractivity contribution in [3.05, 3.63) is 122 Å². The molecule has 0 rings (SSSR count). The molecule has 0 aromatic carbocycles. The molecule has 0 radical (unpaired) electrons. The van der Waals surface area contributed by atoms with Gasteiger partial charge in [-0.25, -0.2) is 0 Å². The summed E-state index contributed by atoms with van der Waals surface area (Å²) in [4.78, 5) is 38.0. The Morgan fingerprint density at radius 1 is 0.269 bits per heavy atom. The average molecular weight is 1080 g/mol. The molecule has 1 unspecified atom stereocenters. The molecule has 0 aromatic rings. The van der Waals surface area contributed by atoms with Gasteiger partial charge in [0.25, 0.3) is 0 Å². The van der Waals surface area contributed by atoms with Crippen molar-refractivity contribution < 1.29 is 28.6 Å². The van der Waals surface area contributed by atoms with Crippen molar-refractivity contribution in [1.29, 1.82) is 0 Å². The quantitative estimate of drug-likeness (QED) is 0.0261. The van der Waals surface area contributed by atoms with Crippen LogP contribution in [-0.4, -0.2) is 37.2 Å². The van der Waals surface area contributed by atoms with E-state index in [0.29, 0.717) is 19.3 Å². The normalized spacial score (nSPS) is 12.9. The molecular formula is C72H120O6. The van der Waals surface area contributed by atoms with Gasteiger partial charge < -0.3 is 14.2 Å². The van der Waals surface area contributed by atoms with Crippen LogP contribution in [0.3, 0.4) is 0 Å². The van der Waals surface area contributed by atoms with Gasteiger partial charge in [0.2, 0.25) is 0 Å². The predicted octanol–water partition coefficient (Wildman–Crippen LogP) is 22.4. The lowest BCUT2D eigenvalue weighted by Crippen LogP contribution is -2.30. The fourth-order valence-corrected chi connectivity index (χ4v) is 8.91. The fraction of sp³-hybridized carbons (Fsp3) is 0.681. The number of hydrogen-bond acceptors (Lipinski definition) is 6. The van der Waals surface area contributed by atoms with Crippen LogP contribution in [0.15, 0.2) is 122 Å². The number of esters is 3. The Labute approximate surface area is 482 Å². The number of ether oxygens (including phenoxy) is 3. The number of rotatable bonds is 58. The molecule has 0 aliphatic carbocycles. The average Bonchev–Trinajstić information content (AvgIpc) is 3.44. The fourth-order valence-electron chi connectivity index (χ4n) is 8.91. The molecule has 0 spiro atoms. The van der Waals surface area contributed by atoms with Crippen molar-refractivity contribution >= 4 is 17.9 Å². The Balaban J connectivity index is 4.10. The molecule has 0 heterocycles. The number of unbranched alkanes of at least 4 members (excludes halogenated alkanes) is 27. The van der Waals surface area contributed by atoms with Crippen LogP contribution >= 0.6 is 0 Å².